The molecule has 0 radical (unpaired) electrons. The summed E-state index contributed by atoms with van der Waals surface area (Å²) in [7, 11) is 0. The number of carbonyl (C=O) groups is 1. The highest BCUT2D eigenvalue weighted by molar-refractivity contribution is 9.10. The molecule has 1 N–H and O–H groups in total. The lowest BCUT2D eigenvalue weighted by Gasteiger charge is -2.17. The summed E-state index contributed by atoms with van der Waals surface area (Å²) < 4.78 is 13.3. The van der Waals surface area contributed by atoms with E-state index in [1.807, 2.05) is 0 Å². The molecule has 1 aromatic carbocycles. The fourth-order valence-corrected chi connectivity index (χ4v) is 1.99. The van der Waals surface area contributed by atoms with Gasteiger partial charge in [-0.2, -0.15) is 0 Å². The second-order valence-corrected chi connectivity index (χ2v) is 4.77. The van der Waals surface area contributed by atoms with Crippen molar-refractivity contribution in [2.75, 3.05) is 26.2 Å². The van der Waals surface area contributed by atoms with Gasteiger partial charge in [0.15, 0.2) is 0 Å². The van der Waals surface area contributed by atoms with Gasteiger partial charge < -0.3 is 10.2 Å². The largest absolute Gasteiger partial charge is 0.351 e. The number of rotatable bonds is 6. The summed E-state index contributed by atoms with van der Waals surface area (Å²) in [6, 6.07) is 4.25. The van der Waals surface area contributed by atoms with Crippen molar-refractivity contribution in [3.8, 4) is 0 Å². The standard InChI is InChI=1S/C13H18BrFN2O/c1-3-17(4-2)8-7-16-13(18)10-5-6-12(15)11(14)9-10/h5-6,9H,3-4,7-8H2,1-2H3,(H,16,18). The zero-order valence-corrected chi connectivity index (χ0v) is 12.3. The molecule has 0 bridgehead atoms. The van der Waals surface area contributed by atoms with Gasteiger partial charge in [-0.05, 0) is 47.2 Å². The molecule has 0 aromatic heterocycles. The first-order valence-corrected chi connectivity index (χ1v) is 6.83. The molecule has 0 aliphatic heterocycles. The van der Waals surface area contributed by atoms with Gasteiger partial charge in [0.1, 0.15) is 5.82 Å². The van der Waals surface area contributed by atoms with E-state index < -0.39 is 0 Å². The van der Waals surface area contributed by atoms with Gasteiger partial charge in [-0.1, -0.05) is 13.8 Å². The Kier molecular flexibility index (Phi) is 6.29. The van der Waals surface area contributed by atoms with Crippen LogP contribution >= 0.6 is 15.9 Å². The monoisotopic (exact) mass is 316 g/mol. The summed E-state index contributed by atoms with van der Waals surface area (Å²) in [4.78, 5) is 14.0. The van der Waals surface area contributed by atoms with E-state index in [2.05, 4.69) is 40.0 Å². The molecule has 0 aliphatic carbocycles. The number of hydrogen-bond donors (Lipinski definition) is 1. The molecular weight excluding hydrogens is 299 g/mol. The van der Waals surface area contributed by atoms with Crippen molar-refractivity contribution in [3.63, 3.8) is 0 Å². The van der Waals surface area contributed by atoms with Gasteiger partial charge in [0.2, 0.25) is 0 Å². The van der Waals surface area contributed by atoms with E-state index in [4.69, 9.17) is 0 Å². The van der Waals surface area contributed by atoms with Crippen LogP contribution in [0.1, 0.15) is 24.2 Å². The highest BCUT2D eigenvalue weighted by atomic mass is 79.9. The lowest BCUT2D eigenvalue weighted by molar-refractivity contribution is 0.0949. The first kappa shape index (κ1) is 15.1. The maximum Gasteiger partial charge on any atom is 0.251 e. The smallest absolute Gasteiger partial charge is 0.251 e. The quantitative estimate of drug-likeness (QED) is 0.875. The summed E-state index contributed by atoms with van der Waals surface area (Å²) in [6.07, 6.45) is 0. The number of hydrogen-bond acceptors (Lipinski definition) is 2. The zero-order valence-electron chi connectivity index (χ0n) is 10.7. The van der Waals surface area contributed by atoms with Crippen LogP contribution in [0.4, 0.5) is 4.39 Å². The fourth-order valence-electron chi connectivity index (χ4n) is 1.61. The van der Waals surface area contributed by atoms with E-state index in [-0.39, 0.29) is 11.7 Å². The Labute approximate surface area is 115 Å². The highest BCUT2D eigenvalue weighted by Gasteiger charge is 2.08. The van der Waals surface area contributed by atoms with Crippen LogP contribution < -0.4 is 5.32 Å². The van der Waals surface area contributed by atoms with E-state index in [1.54, 1.807) is 0 Å². The predicted molar refractivity (Wildman–Crippen MR) is 74.2 cm³/mol. The van der Waals surface area contributed by atoms with Crippen LogP contribution in [0.5, 0.6) is 0 Å². The number of nitrogens with one attached hydrogen (secondary N) is 1. The summed E-state index contributed by atoms with van der Waals surface area (Å²) in [5, 5.41) is 2.82. The molecule has 0 heterocycles. The molecule has 5 heteroatoms. The van der Waals surface area contributed by atoms with E-state index in [9.17, 15) is 9.18 Å². The summed E-state index contributed by atoms with van der Waals surface area (Å²) in [5.41, 5.74) is 0.461. The third kappa shape index (κ3) is 4.38. The van der Waals surface area contributed by atoms with Crippen molar-refractivity contribution in [3.05, 3.63) is 34.1 Å². The topological polar surface area (TPSA) is 32.3 Å². The van der Waals surface area contributed by atoms with Gasteiger partial charge in [0, 0.05) is 18.7 Å². The third-order valence-corrected chi connectivity index (χ3v) is 3.40. The Morgan fingerprint density at radius 2 is 2.06 bits per heavy atom. The lowest BCUT2D eigenvalue weighted by atomic mass is 10.2. The van der Waals surface area contributed by atoms with Crippen molar-refractivity contribution in [2.24, 2.45) is 0 Å². The van der Waals surface area contributed by atoms with Crippen LogP contribution in [0.25, 0.3) is 0 Å². The zero-order chi connectivity index (χ0) is 13.5. The van der Waals surface area contributed by atoms with E-state index >= 15 is 0 Å². The van der Waals surface area contributed by atoms with E-state index in [0.29, 0.717) is 16.6 Å². The summed E-state index contributed by atoms with van der Waals surface area (Å²) in [5.74, 6) is -0.544. The Bertz CT molecular complexity index is 408. The summed E-state index contributed by atoms with van der Waals surface area (Å²) in [6.45, 7) is 7.52. The Balaban J connectivity index is 2.48. The van der Waals surface area contributed by atoms with Crippen molar-refractivity contribution in [1.82, 2.24) is 10.2 Å². The number of benzene rings is 1. The van der Waals surface area contributed by atoms with Crippen LogP contribution in [-0.2, 0) is 0 Å². The molecule has 1 aromatic rings. The normalized spacial score (nSPS) is 10.7. The molecule has 100 valence electrons. The van der Waals surface area contributed by atoms with Crippen LogP contribution in [0, 0.1) is 5.82 Å². The van der Waals surface area contributed by atoms with Gasteiger partial charge in [0.05, 0.1) is 4.47 Å². The van der Waals surface area contributed by atoms with Crippen molar-refractivity contribution in [1.29, 1.82) is 0 Å². The maximum atomic E-state index is 13.0. The fraction of sp³-hybridized carbons (Fsp3) is 0.462. The van der Waals surface area contributed by atoms with Crippen molar-refractivity contribution < 1.29 is 9.18 Å². The summed E-state index contributed by atoms with van der Waals surface area (Å²) >= 11 is 3.06. The van der Waals surface area contributed by atoms with Gasteiger partial charge >= 0.3 is 0 Å². The van der Waals surface area contributed by atoms with Crippen LogP contribution in [-0.4, -0.2) is 37.0 Å². The second kappa shape index (κ2) is 7.48. The van der Waals surface area contributed by atoms with Gasteiger partial charge in [0.25, 0.3) is 5.91 Å². The molecule has 0 aliphatic rings. The predicted octanol–water partition coefficient (Wildman–Crippen LogP) is 2.66. The molecule has 0 atom stereocenters. The van der Waals surface area contributed by atoms with Crippen LogP contribution in [0.15, 0.2) is 22.7 Å². The minimum absolute atomic E-state index is 0.178. The van der Waals surface area contributed by atoms with Crippen molar-refractivity contribution >= 4 is 21.8 Å². The Morgan fingerprint density at radius 1 is 1.39 bits per heavy atom. The van der Waals surface area contributed by atoms with Crippen LogP contribution in [0.3, 0.4) is 0 Å². The molecule has 0 fully saturated rings. The van der Waals surface area contributed by atoms with Crippen molar-refractivity contribution in [2.45, 2.75) is 13.8 Å². The van der Waals surface area contributed by atoms with Gasteiger partial charge in [-0.15, -0.1) is 0 Å². The minimum Gasteiger partial charge on any atom is -0.351 e. The van der Waals surface area contributed by atoms with E-state index in [0.717, 1.165) is 19.6 Å². The first-order chi connectivity index (χ1) is 8.58. The number of carbonyl (C=O) groups excluding carboxylic acids is 1. The molecule has 18 heavy (non-hydrogen) atoms. The first-order valence-electron chi connectivity index (χ1n) is 6.04. The Morgan fingerprint density at radius 3 is 2.61 bits per heavy atom. The maximum absolute atomic E-state index is 13.0. The molecule has 3 nitrogen and oxygen atoms in total. The molecule has 0 saturated heterocycles. The average molecular weight is 317 g/mol. The molecule has 1 rings (SSSR count). The second-order valence-electron chi connectivity index (χ2n) is 3.91. The van der Waals surface area contributed by atoms with Gasteiger partial charge in [-0.3, -0.25) is 4.79 Å². The highest BCUT2D eigenvalue weighted by Crippen LogP contribution is 2.16. The minimum atomic E-state index is -0.366. The SMILES string of the molecule is CCN(CC)CCNC(=O)c1ccc(F)c(Br)c1. The molecule has 0 unspecified atom stereocenters. The van der Waals surface area contributed by atoms with Crippen LogP contribution in [0.2, 0.25) is 0 Å². The number of likely N-dealkylation sites (N-methyl/N-ethyl adjacent to an activating group) is 1. The molecule has 1 amide bonds. The van der Waals surface area contributed by atoms with E-state index in [1.165, 1.54) is 18.2 Å². The molecule has 0 saturated carbocycles. The molecular formula is C13H18BrFN2O. The lowest BCUT2D eigenvalue weighted by Crippen LogP contribution is -2.34. The number of amides is 1. The molecule has 0 spiro atoms. The third-order valence-electron chi connectivity index (χ3n) is 2.79. The Hall–Kier alpha value is -0.940. The number of nitrogens with zero attached hydrogens (tertiary/aromatic N) is 1. The number of halogens is 2. The average Bonchev–Trinajstić information content (AvgIpc) is 2.37. The van der Waals surface area contributed by atoms with Gasteiger partial charge in [-0.25, -0.2) is 4.39 Å².